The Hall–Kier alpha value is -2.67. The fourth-order valence-corrected chi connectivity index (χ4v) is 1.81. The van der Waals surface area contributed by atoms with Crippen molar-refractivity contribution in [3.63, 3.8) is 0 Å². The highest BCUT2D eigenvalue weighted by atomic mass is 16.3. The van der Waals surface area contributed by atoms with E-state index in [1.165, 1.54) is 0 Å². The zero-order valence-corrected chi connectivity index (χ0v) is 8.90. The van der Waals surface area contributed by atoms with E-state index in [1.54, 1.807) is 6.07 Å². The molecule has 4 nitrogen and oxygen atoms in total. The van der Waals surface area contributed by atoms with E-state index in [-0.39, 0.29) is 0 Å². The molecule has 0 saturated carbocycles. The van der Waals surface area contributed by atoms with E-state index in [9.17, 15) is 0 Å². The van der Waals surface area contributed by atoms with Gasteiger partial charge in [-0.2, -0.15) is 5.26 Å². The summed E-state index contributed by atoms with van der Waals surface area (Å²) in [5.41, 5.74) is 7.63. The summed E-state index contributed by atoms with van der Waals surface area (Å²) in [5, 5.41) is 9.86. The Morgan fingerprint density at radius 3 is 2.76 bits per heavy atom. The summed E-state index contributed by atoms with van der Waals surface area (Å²) < 4.78 is 5.67. The van der Waals surface area contributed by atoms with Crippen molar-refractivity contribution >= 4 is 16.8 Å². The first kappa shape index (κ1) is 9.55. The van der Waals surface area contributed by atoms with E-state index in [1.807, 2.05) is 36.4 Å². The van der Waals surface area contributed by atoms with Crippen molar-refractivity contribution in [1.82, 2.24) is 4.98 Å². The minimum absolute atomic E-state index is 0.364. The average Bonchev–Trinajstić information content (AvgIpc) is 2.91. The zero-order valence-electron chi connectivity index (χ0n) is 8.90. The molecule has 3 rings (SSSR count). The van der Waals surface area contributed by atoms with Gasteiger partial charge >= 0.3 is 0 Å². The van der Waals surface area contributed by atoms with E-state index < -0.39 is 0 Å². The topological polar surface area (TPSA) is 78.7 Å². The molecule has 0 unspecified atom stereocenters. The fraction of sp³-hybridized carbons (Fsp3) is 0. The van der Waals surface area contributed by atoms with Crippen molar-refractivity contribution in [2.75, 3.05) is 5.73 Å². The first-order valence-corrected chi connectivity index (χ1v) is 5.15. The standard InChI is InChI=1S/C13H9N3O/c14-7-9-5-10(16-13(9)15)12-6-8-3-1-2-4-11(8)17-12/h1-6,16H,15H2. The predicted molar refractivity (Wildman–Crippen MR) is 65.1 cm³/mol. The monoisotopic (exact) mass is 223 g/mol. The normalized spacial score (nSPS) is 10.5. The molecular weight excluding hydrogens is 214 g/mol. The lowest BCUT2D eigenvalue weighted by atomic mass is 10.2. The maximum absolute atomic E-state index is 8.84. The summed E-state index contributed by atoms with van der Waals surface area (Å²) in [6.07, 6.45) is 0. The molecule has 0 amide bonds. The van der Waals surface area contributed by atoms with Crippen LogP contribution in [0.4, 0.5) is 5.82 Å². The molecular formula is C13H9N3O. The molecule has 0 spiro atoms. The number of fused-ring (bicyclic) bond motifs is 1. The van der Waals surface area contributed by atoms with Crippen LogP contribution in [0.2, 0.25) is 0 Å². The maximum Gasteiger partial charge on any atom is 0.151 e. The van der Waals surface area contributed by atoms with Crippen LogP contribution in [0.15, 0.2) is 40.8 Å². The van der Waals surface area contributed by atoms with Gasteiger partial charge in [-0.05, 0) is 18.2 Å². The molecule has 1 aromatic carbocycles. The SMILES string of the molecule is N#Cc1cc(-c2cc3ccccc3o2)[nH]c1N. The first-order valence-electron chi connectivity index (χ1n) is 5.15. The molecule has 0 aliphatic heterocycles. The van der Waals surface area contributed by atoms with E-state index in [4.69, 9.17) is 15.4 Å². The third-order valence-corrected chi connectivity index (χ3v) is 2.66. The highest BCUT2D eigenvalue weighted by molar-refractivity contribution is 5.82. The van der Waals surface area contributed by atoms with Gasteiger partial charge in [0, 0.05) is 5.39 Å². The van der Waals surface area contributed by atoms with Crippen molar-refractivity contribution < 1.29 is 4.42 Å². The van der Waals surface area contributed by atoms with Crippen LogP contribution < -0.4 is 5.73 Å². The van der Waals surface area contributed by atoms with Gasteiger partial charge in [-0.15, -0.1) is 0 Å². The number of nitrogens with one attached hydrogen (secondary N) is 1. The van der Waals surface area contributed by atoms with Crippen LogP contribution in [-0.4, -0.2) is 4.98 Å². The number of hydrogen-bond acceptors (Lipinski definition) is 3. The number of para-hydroxylation sites is 1. The van der Waals surface area contributed by atoms with Crippen LogP contribution in [0.3, 0.4) is 0 Å². The molecule has 3 N–H and O–H groups in total. The van der Waals surface area contributed by atoms with Crippen LogP contribution in [-0.2, 0) is 0 Å². The minimum atomic E-state index is 0.364. The Kier molecular flexibility index (Phi) is 1.92. The number of anilines is 1. The second-order valence-corrected chi connectivity index (χ2v) is 3.77. The van der Waals surface area contributed by atoms with Crippen LogP contribution in [0.5, 0.6) is 0 Å². The summed E-state index contributed by atoms with van der Waals surface area (Å²) in [6.45, 7) is 0. The Labute approximate surface area is 97.3 Å². The third kappa shape index (κ3) is 1.45. The third-order valence-electron chi connectivity index (χ3n) is 2.66. The molecule has 0 bridgehead atoms. The number of nitrogens with zero attached hydrogens (tertiary/aromatic N) is 1. The number of nitrogen functional groups attached to an aromatic ring is 1. The second-order valence-electron chi connectivity index (χ2n) is 3.77. The molecule has 2 aromatic heterocycles. The smallest absolute Gasteiger partial charge is 0.151 e. The highest BCUT2D eigenvalue weighted by Crippen LogP contribution is 2.28. The Balaban J connectivity index is 2.17. The van der Waals surface area contributed by atoms with Gasteiger partial charge < -0.3 is 15.1 Å². The number of nitriles is 1. The molecule has 4 heteroatoms. The van der Waals surface area contributed by atoms with Crippen molar-refractivity contribution in [2.24, 2.45) is 0 Å². The second kappa shape index (κ2) is 3.42. The highest BCUT2D eigenvalue weighted by Gasteiger charge is 2.10. The lowest BCUT2D eigenvalue weighted by molar-refractivity contribution is 0.629. The summed E-state index contributed by atoms with van der Waals surface area (Å²) in [4.78, 5) is 2.93. The van der Waals surface area contributed by atoms with E-state index in [0.717, 1.165) is 16.7 Å². The van der Waals surface area contributed by atoms with Gasteiger partial charge in [-0.3, -0.25) is 0 Å². The largest absolute Gasteiger partial charge is 0.455 e. The molecule has 0 fully saturated rings. The molecule has 0 saturated heterocycles. The van der Waals surface area contributed by atoms with Crippen molar-refractivity contribution in [1.29, 1.82) is 5.26 Å². The number of aromatic nitrogens is 1. The van der Waals surface area contributed by atoms with Crippen LogP contribution in [0.1, 0.15) is 5.56 Å². The zero-order chi connectivity index (χ0) is 11.8. The summed E-state index contributed by atoms with van der Waals surface area (Å²) in [5.74, 6) is 1.04. The number of nitrogens with two attached hydrogens (primary N) is 1. The van der Waals surface area contributed by atoms with Gasteiger partial charge in [0.05, 0.1) is 11.3 Å². The minimum Gasteiger partial charge on any atom is -0.455 e. The molecule has 0 aliphatic carbocycles. The van der Waals surface area contributed by atoms with Gasteiger partial charge in [0.1, 0.15) is 17.5 Å². The van der Waals surface area contributed by atoms with E-state index >= 15 is 0 Å². The lowest BCUT2D eigenvalue weighted by Crippen LogP contribution is -1.86. The number of H-pyrrole nitrogens is 1. The molecule has 0 atom stereocenters. The number of benzene rings is 1. The van der Waals surface area contributed by atoms with Gasteiger partial charge in [0.15, 0.2) is 5.76 Å². The molecule has 0 aliphatic rings. The Morgan fingerprint density at radius 2 is 2.06 bits per heavy atom. The number of aromatic amines is 1. The number of hydrogen-bond donors (Lipinski definition) is 2. The van der Waals surface area contributed by atoms with E-state index in [0.29, 0.717) is 17.1 Å². The van der Waals surface area contributed by atoms with Gasteiger partial charge in [0.2, 0.25) is 0 Å². The Morgan fingerprint density at radius 1 is 1.24 bits per heavy atom. The van der Waals surface area contributed by atoms with Crippen LogP contribution in [0, 0.1) is 11.3 Å². The van der Waals surface area contributed by atoms with Gasteiger partial charge in [-0.1, -0.05) is 18.2 Å². The molecule has 82 valence electrons. The summed E-state index contributed by atoms with van der Waals surface area (Å²) >= 11 is 0. The molecule has 0 radical (unpaired) electrons. The Bertz CT molecular complexity index is 698. The van der Waals surface area contributed by atoms with Crippen molar-refractivity contribution in [3.8, 4) is 17.5 Å². The van der Waals surface area contributed by atoms with Crippen molar-refractivity contribution in [3.05, 3.63) is 42.0 Å². The van der Waals surface area contributed by atoms with Crippen LogP contribution in [0.25, 0.3) is 22.4 Å². The number of furan rings is 1. The lowest BCUT2D eigenvalue weighted by Gasteiger charge is -1.89. The van der Waals surface area contributed by atoms with E-state index in [2.05, 4.69) is 4.98 Å². The summed E-state index contributed by atoms with van der Waals surface area (Å²) in [6, 6.07) is 13.4. The number of rotatable bonds is 1. The molecule has 2 heterocycles. The van der Waals surface area contributed by atoms with Crippen molar-refractivity contribution in [2.45, 2.75) is 0 Å². The first-order chi connectivity index (χ1) is 8.28. The van der Waals surface area contributed by atoms with Crippen LogP contribution >= 0.6 is 0 Å². The fourth-order valence-electron chi connectivity index (χ4n) is 1.81. The molecule has 3 aromatic rings. The molecule has 17 heavy (non-hydrogen) atoms. The quantitative estimate of drug-likeness (QED) is 0.665. The van der Waals surface area contributed by atoms with Gasteiger partial charge in [-0.25, -0.2) is 0 Å². The maximum atomic E-state index is 8.84. The average molecular weight is 223 g/mol. The summed E-state index contributed by atoms with van der Waals surface area (Å²) in [7, 11) is 0. The van der Waals surface area contributed by atoms with Gasteiger partial charge in [0.25, 0.3) is 0 Å². The predicted octanol–water partition coefficient (Wildman–Crippen LogP) is 2.88.